The van der Waals surface area contributed by atoms with Crippen molar-refractivity contribution in [2.75, 3.05) is 7.11 Å². The molecule has 1 heterocycles. The molecule has 98 valence electrons. The fourth-order valence-electron chi connectivity index (χ4n) is 1.58. The zero-order valence-corrected chi connectivity index (χ0v) is 11.6. The molecule has 0 aliphatic rings. The molecule has 0 amide bonds. The summed E-state index contributed by atoms with van der Waals surface area (Å²) in [6.45, 7) is 0. The van der Waals surface area contributed by atoms with E-state index in [-0.39, 0.29) is 23.8 Å². The Morgan fingerprint density at radius 2 is 1.95 bits per heavy atom. The van der Waals surface area contributed by atoms with Crippen LogP contribution >= 0.6 is 23.2 Å². The van der Waals surface area contributed by atoms with Crippen molar-refractivity contribution >= 4 is 29.0 Å². The molecule has 1 aromatic heterocycles. The lowest BCUT2D eigenvalue weighted by Gasteiger charge is -2.05. The summed E-state index contributed by atoms with van der Waals surface area (Å²) in [4.78, 5) is 20.1. The summed E-state index contributed by atoms with van der Waals surface area (Å²) < 4.78 is 5.01. The highest BCUT2D eigenvalue weighted by atomic mass is 35.5. The molecule has 1 aromatic carbocycles. The number of nitrogens with zero attached hydrogens (tertiary/aromatic N) is 2. The summed E-state index contributed by atoms with van der Waals surface area (Å²) >= 11 is 11.7. The molecule has 0 spiro atoms. The highest BCUT2D eigenvalue weighted by Gasteiger charge is 2.15. The third-order valence-corrected chi connectivity index (χ3v) is 3.21. The first-order chi connectivity index (χ1) is 9.11. The van der Waals surface area contributed by atoms with Crippen LogP contribution in [0.15, 0.2) is 30.6 Å². The number of aromatic nitrogens is 2. The van der Waals surface area contributed by atoms with Crippen LogP contribution in [0.25, 0.3) is 0 Å². The maximum Gasteiger partial charge on any atom is 0.243 e. The summed E-state index contributed by atoms with van der Waals surface area (Å²) in [6.07, 6.45) is 3.07. The second-order valence-corrected chi connectivity index (χ2v) is 4.58. The van der Waals surface area contributed by atoms with Gasteiger partial charge in [0.05, 0.1) is 17.2 Å². The molecule has 0 radical (unpaired) electrons. The second-order valence-electron chi connectivity index (χ2n) is 3.76. The number of ether oxygens (including phenoxy) is 1. The Labute approximate surface area is 120 Å². The predicted octanol–water partition coefficient (Wildman–Crippen LogP) is 3.22. The van der Waals surface area contributed by atoms with E-state index in [0.29, 0.717) is 10.0 Å². The minimum Gasteiger partial charge on any atom is -0.479 e. The molecule has 0 fully saturated rings. The standard InChI is InChI=1S/C13H10Cl2N2O2/c1-19-13-12(16-4-5-17-13)11(18)7-8-2-3-9(14)10(15)6-8/h2-6H,7H2,1H3. The molecule has 0 N–H and O–H groups in total. The van der Waals surface area contributed by atoms with E-state index in [0.717, 1.165) is 5.56 Å². The van der Waals surface area contributed by atoms with Gasteiger partial charge in [0.1, 0.15) is 0 Å². The highest BCUT2D eigenvalue weighted by Crippen LogP contribution is 2.23. The van der Waals surface area contributed by atoms with E-state index in [4.69, 9.17) is 27.9 Å². The SMILES string of the molecule is COc1nccnc1C(=O)Cc1ccc(Cl)c(Cl)c1. The van der Waals surface area contributed by atoms with Crippen LogP contribution in [0.5, 0.6) is 5.88 Å². The summed E-state index contributed by atoms with van der Waals surface area (Å²) in [5.41, 5.74) is 0.961. The second kappa shape index (κ2) is 5.99. The zero-order chi connectivity index (χ0) is 13.8. The number of methoxy groups -OCH3 is 1. The molecule has 0 saturated carbocycles. The minimum atomic E-state index is -0.191. The van der Waals surface area contributed by atoms with Gasteiger partial charge in [-0.05, 0) is 17.7 Å². The van der Waals surface area contributed by atoms with Crippen molar-refractivity contribution in [3.63, 3.8) is 0 Å². The first-order valence-corrected chi connectivity index (χ1v) is 6.19. The molecule has 0 aliphatic heterocycles. The molecular formula is C13H10Cl2N2O2. The van der Waals surface area contributed by atoms with Crippen molar-refractivity contribution in [2.45, 2.75) is 6.42 Å². The molecule has 0 saturated heterocycles. The summed E-state index contributed by atoms with van der Waals surface area (Å²) in [6, 6.07) is 5.06. The van der Waals surface area contributed by atoms with Crippen LogP contribution in [0.2, 0.25) is 10.0 Å². The number of rotatable bonds is 4. The van der Waals surface area contributed by atoms with Crippen molar-refractivity contribution in [1.29, 1.82) is 0 Å². The van der Waals surface area contributed by atoms with E-state index < -0.39 is 0 Å². The molecule has 0 unspecified atom stereocenters. The first kappa shape index (κ1) is 13.8. The van der Waals surface area contributed by atoms with Gasteiger partial charge in [-0.3, -0.25) is 4.79 Å². The molecule has 2 rings (SSSR count). The number of Topliss-reactive ketones (excluding diaryl/α,β-unsaturated/α-hetero) is 1. The average molecular weight is 297 g/mol. The third kappa shape index (κ3) is 3.22. The van der Waals surface area contributed by atoms with Gasteiger partial charge in [0, 0.05) is 18.8 Å². The Bertz CT molecular complexity index is 617. The average Bonchev–Trinajstić information content (AvgIpc) is 2.43. The minimum absolute atomic E-state index is 0.159. The van der Waals surface area contributed by atoms with Gasteiger partial charge in [0.15, 0.2) is 11.5 Å². The molecule has 4 nitrogen and oxygen atoms in total. The Balaban J connectivity index is 2.23. The van der Waals surface area contributed by atoms with Crippen LogP contribution in [-0.4, -0.2) is 22.9 Å². The molecule has 0 aliphatic carbocycles. The van der Waals surface area contributed by atoms with E-state index >= 15 is 0 Å². The largest absolute Gasteiger partial charge is 0.479 e. The summed E-state index contributed by atoms with van der Waals surface area (Å²) in [7, 11) is 1.44. The maximum absolute atomic E-state index is 12.1. The van der Waals surface area contributed by atoms with Crippen molar-refractivity contribution < 1.29 is 9.53 Å². The third-order valence-electron chi connectivity index (χ3n) is 2.47. The van der Waals surface area contributed by atoms with Crippen LogP contribution in [0.4, 0.5) is 0 Å². The van der Waals surface area contributed by atoms with Crippen molar-refractivity contribution in [3.8, 4) is 5.88 Å². The van der Waals surface area contributed by atoms with Gasteiger partial charge in [-0.25, -0.2) is 9.97 Å². The Kier molecular flexibility index (Phi) is 4.35. The van der Waals surface area contributed by atoms with E-state index in [9.17, 15) is 4.79 Å². The van der Waals surface area contributed by atoms with Gasteiger partial charge in [-0.2, -0.15) is 0 Å². The van der Waals surface area contributed by atoms with Crippen LogP contribution in [0.3, 0.4) is 0 Å². The molecule has 0 atom stereocenters. The molecule has 19 heavy (non-hydrogen) atoms. The van der Waals surface area contributed by atoms with Crippen molar-refractivity contribution in [1.82, 2.24) is 9.97 Å². The van der Waals surface area contributed by atoms with Gasteiger partial charge in [-0.1, -0.05) is 29.3 Å². The van der Waals surface area contributed by atoms with Crippen LogP contribution in [-0.2, 0) is 6.42 Å². The Morgan fingerprint density at radius 3 is 2.63 bits per heavy atom. The first-order valence-electron chi connectivity index (χ1n) is 5.44. The Hall–Kier alpha value is -1.65. The van der Waals surface area contributed by atoms with Crippen LogP contribution < -0.4 is 4.74 Å². The zero-order valence-electron chi connectivity index (χ0n) is 10.1. The van der Waals surface area contributed by atoms with E-state index in [2.05, 4.69) is 9.97 Å². The molecular weight excluding hydrogens is 287 g/mol. The normalized spacial score (nSPS) is 10.3. The van der Waals surface area contributed by atoms with E-state index in [1.165, 1.54) is 19.5 Å². The number of benzene rings is 1. The monoisotopic (exact) mass is 296 g/mol. The maximum atomic E-state index is 12.1. The molecule has 0 bridgehead atoms. The van der Waals surface area contributed by atoms with Crippen molar-refractivity contribution in [3.05, 3.63) is 51.9 Å². The number of hydrogen-bond acceptors (Lipinski definition) is 4. The van der Waals surface area contributed by atoms with Gasteiger partial charge in [-0.15, -0.1) is 0 Å². The smallest absolute Gasteiger partial charge is 0.243 e. The van der Waals surface area contributed by atoms with Gasteiger partial charge in [0.25, 0.3) is 0 Å². The van der Waals surface area contributed by atoms with Crippen LogP contribution in [0, 0.1) is 0 Å². The lowest BCUT2D eigenvalue weighted by atomic mass is 10.1. The number of hydrogen-bond donors (Lipinski definition) is 0. The summed E-state index contributed by atoms with van der Waals surface area (Å²) in [5, 5.41) is 0.869. The molecule has 2 aromatic rings. The van der Waals surface area contributed by atoms with Gasteiger partial charge >= 0.3 is 0 Å². The van der Waals surface area contributed by atoms with Crippen LogP contribution in [0.1, 0.15) is 16.1 Å². The quantitative estimate of drug-likeness (QED) is 0.813. The number of ketones is 1. The van der Waals surface area contributed by atoms with E-state index in [1.807, 2.05) is 0 Å². The number of carbonyl (C=O) groups is 1. The Morgan fingerprint density at radius 1 is 1.21 bits per heavy atom. The lowest BCUT2D eigenvalue weighted by molar-refractivity contribution is 0.0984. The highest BCUT2D eigenvalue weighted by molar-refractivity contribution is 6.42. The lowest BCUT2D eigenvalue weighted by Crippen LogP contribution is -2.09. The fraction of sp³-hybridized carbons (Fsp3) is 0.154. The predicted molar refractivity (Wildman–Crippen MR) is 73.1 cm³/mol. The van der Waals surface area contributed by atoms with Crippen molar-refractivity contribution in [2.24, 2.45) is 0 Å². The molecule has 6 heteroatoms. The number of carbonyl (C=O) groups excluding carboxylic acids is 1. The fourth-order valence-corrected chi connectivity index (χ4v) is 1.91. The van der Waals surface area contributed by atoms with Gasteiger partial charge in [0.2, 0.25) is 5.88 Å². The van der Waals surface area contributed by atoms with E-state index in [1.54, 1.807) is 18.2 Å². The summed E-state index contributed by atoms with van der Waals surface area (Å²) in [5.74, 6) is 0.0240. The number of halogens is 2. The topological polar surface area (TPSA) is 52.1 Å². The van der Waals surface area contributed by atoms with Gasteiger partial charge < -0.3 is 4.74 Å².